The van der Waals surface area contributed by atoms with E-state index >= 15 is 0 Å². The highest BCUT2D eigenvalue weighted by molar-refractivity contribution is 7.17. The molecule has 0 fully saturated rings. The molecule has 17 heavy (non-hydrogen) atoms. The standard InChI is InChI=1S/C12H10ClN3S/c1-8-14-12(13)15-16(8)7-10-4-2-3-9-5-6-17-11(9)10/h2-6H,7H2,1H3. The molecular weight excluding hydrogens is 254 g/mol. The summed E-state index contributed by atoms with van der Waals surface area (Å²) in [6, 6.07) is 8.44. The molecule has 0 spiro atoms. The van der Waals surface area contributed by atoms with Crippen LogP contribution in [0.2, 0.25) is 5.28 Å². The molecule has 0 saturated heterocycles. The van der Waals surface area contributed by atoms with Crippen molar-refractivity contribution >= 4 is 33.0 Å². The van der Waals surface area contributed by atoms with Gasteiger partial charge in [0.25, 0.3) is 0 Å². The largest absolute Gasteiger partial charge is 0.244 e. The number of nitrogens with zero attached hydrogens (tertiary/aromatic N) is 3. The summed E-state index contributed by atoms with van der Waals surface area (Å²) in [5, 5.41) is 7.86. The van der Waals surface area contributed by atoms with E-state index in [1.807, 2.05) is 11.6 Å². The highest BCUT2D eigenvalue weighted by Crippen LogP contribution is 2.25. The summed E-state index contributed by atoms with van der Waals surface area (Å²) in [4.78, 5) is 4.10. The van der Waals surface area contributed by atoms with Crippen molar-refractivity contribution in [3.63, 3.8) is 0 Å². The van der Waals surface area contributed by atoms with Crippen LogP contribution >= 0.6 is 22.9 Å². The Kier molecular flexibility index (Phi) is 2.61. The molecule has 0 aliphatic carbocycles. The number of aryl methyl sites for hydroxylation is 1. The molecule has 0 atom stereocenters. The van der Waals surface area contributed by atoms with Crippen molar-refractivity contribution in [3.8, 4) is 0 Å². The predicted octanol–water partition coefficient (Wildman–Crippen LogP) is 3.50. The van der Waals surface area contributed by atoms with Crippen LogP contribution in [0.1, 0.15) is 11.4 Å². The van der Waals surface area contributed by atoms with Crippen molar-refractivity contribution < 1.29 is 0 Å². The first kappa shape index (κ1) is 10.7. The first-order chi connectivity index (χ1) is 8.24. The Balaban J connectivity index is 2.05. The highest BCUT2D eigenvalue weighted by Gasteiger charge is 2.07. The lowest BCUT2D eigenvalue weighted by molar-refractivity contribution is 0.664. The lowest BCUT2D eigenvalue weighted by Crippen LogP contribution is -2.03. The van der Waals surface area contributed by atoms with Crippen LogP contribution in [0.15, 0.2) is 29.6 Å². The molecule has 0 amide bonds. The van der Waals surface area contributed by atoms with Crippen LogP contribution in [0.5, 0.6) is 0 Å². The molecule has 0 unspecified atom stereocenters. The van der Waals surface area contributed by atoms with E-state index in [0.717, 1.165) is 5.82 Å². The van der Waals surface area contributed by atoms with Gasteiger partial charge in [0, 0.05) is 4.70 Å². The van der Waals surface area contributed by atoms with Gasteiger partial charge in [-0.2, -0.15) is 0 Å². The molecule has 0 radical (unpaired) electrons. The maximum absolute atomic E-state index is 5.79. The van der Waals surface area contributed by atoms with E-state index < -0.39 is 0 Å². The van der Waals surface area contributed by atoms with E-state index in [0.29, 0.717) is 11.8 Å². The Morgan fingerprint density at radius 3 is 3.00 bits per heavy atom. The number of thiophene rings is 1. The van der Waals surface area contributed by atoms with Crippen LogP contribution in [-0.4, -0.2) is 14.8 Å². The topological polar surface area (TPSA) is 30.7 Å². The molecule has 5 heteroatoms. The summed E-state index contributed by atoms with van der Waals surface area (Å²) < 4.78 is 3.13. The minimum absolute atomic E-state index is 0.306. The van der Waals surface area contributed by atoms with Gasteiger partial charge in [0.1, 0.15) is 5.82 Å². The molecule has 0 bridgehead atoms. The predicted molar refractivity (Wildman–Crippen MR) is 70.7 cm³/mol. The van der Waals surface area contributed by atoms with E-state index in [1.54, 1.807) is 11.3 Å². The van der Waals surface area contributed by atoms with E-state index in [2.05, 4.69) is 39.7 Å². The van der Waals surface area contributed by atoms with Gasteiger partial charge < -0.3 is 0 Å². The van der Waals surface area contributed by atoms with Crippen molar-refractivity contribution in [1.82, 2.24) is 14.8 Å². The number of halogens is 1. The normalized spacial score (nSPS) is 11.2. The molecular formula is C12H10ClN3S. The van der Waals surface area contributed by atoms with Crippen molar-refractivity contribution in [2.24, 2.45) is 0 Å². The van der Waals surface area contributed by atoms with Crippen molar-refractivity contribution in [1.29, 1.82) is 0 Å². The molecule has 3 nitrogen and oxygen atoms in total. The van der Waals surface area contributed by atoms with Gasteiger partial charge in [-0.25, -0.2) is 9.67 Å². The fraction of sp³-hybridized carbons (Fsp3) is 0.167. The summed E-state index contributed by atoms with van der Waals surface area (Å²) in [7, 11) is 0. The fourth-order valence-corrected chi connectivity index (χ4v) is 3.00. The third kappa shape index (κ3) is 1.94. The number of benzene rings is 1. The lowest BCUT2D eigenvalue weighted by Gasteiger charge is -2.04. The van der Waals surface area contributed by atoms with E-state index in [9.17, 15) is 0 Å². The average Bonchev–Trinajstić information content (AvgIpc) is 2.87. The van der Waals surface area contributed by atoms with Gasteiger partial charge in [0.2, 0.25) is 5.28 Å². The van der Waals surface area contributed by atoms with E-state index in [1.165, 1.54) is 15.6 Å². The van der Waals surface area contributed by atoms with Gasteiger partial charge in [-0.15, -0.1) is 16.4 Å². The van der Waals surface area contributed by atoms with Crippen molar-refractivity contribution in [2.75, 3.05) is 0 Å². The van der Waals surface area contributed by atoms with Crippen LogP contribution in [0.3, 0.4) is 0 Å². The van der Waals surface area contributed by atoms with Crippen LogP contribution < -0.4 is 0 Å². The molecule has 3 aromatic rings. The van der Waals surface area contributed by atoms with Crippen molar-refractivity contribution in [2.45, 2.75) is 13.5 Å². The molecule has 2 aromatic heterocycles. The van der Waals surface area contributed by atoms with Gasteiger partial charge in [-0.1, -0.05) is 18.2 Å². The van der Waals surface area contributed by atoms with E-state index in [4.69, 9.17) is 11.6 Å². The smallest absolute Gasteiger partial charge is 0.242 e. The maximum atomic E-state index is 5.79. The molecule has 86 valence electrons. The Morgan fingerprint density at radius 2 is 2.24 bits per heavy atom. The summed E-state index contributed by atoms with van der Waals surface area (Å²) in [6.07, 6.45) is 0. The molecule has 0 aliphatic rings. The molecule has 0 N–H and O–H groups in total. The number of rotatable bonds is 2. The Bertz CT molecular complexity index is 671. The summed E-state index contributed by atoms with van der Waals surface area (Å²) in [6.45, 7) is 2.62. The fourth-order valence-electron chi connectivity index (χ4n) is 1.88. The second-order valence-electron chi connectivity index (χ2n) is 3.84. The number of hydrogen-bond donors (Lipinski definition) is 0. The molecule has 1 aromatic carbocycles. The Hall–Kier alpha value is -1.39. The van der Waals surface area contributed by atoms with Crippen LogP contribution in [0.25, 0.3) is 10.1 Å². The van der Waals surface area contributed by atoms with E-state index in [-0.39, 0.29) is 0 Å². The monoisotopic (exact) mass is 263 g/mol. The first-order valence-electron chi connectivity index (χ1n) is 5.26. The zero-order chi connectivity index (χ0) is 11.8. The second kappa shape index (κ2) is 4.13. The van der Waals surface area contributed by atoms with Gasteiger partial charge >= 0.3 is 0 Å². The maximum Gasteiger partial charge on any atom is 0.242 e. The zero-order valence-corrected chi connectivity index (χ0v) is 10.8. The third-order valence-corrected chi connectivity index (χ3v) is 3.88. The third-order valence-electron chi connectivity index (χ3n) is 2.71. The molecule has 3 rings (SSSR count). The summed E-state index contributed by atoms with van der Waals surface area (Å²) >= 11 is 7.54. The highest BCUT2D eigenvalue weighted by atomic mass is 35.5. The summed E-state index contributed by atoms with van der Waals surface area (Å²) in [5.74, 6) is 0.837. The Labute approximate surface area is 108 Å². The van der Waals surface area contributed by atoms with Gasteiger partial charge in [-0.05, 0) is 40.9 Å². The molecule has 0 aliphatic heterocycles. The Morgan fingerprint density at radius 1 is 1.35 bits per heavy atom. The summed E-state index contributed by atoms with van der Waals surface area (Å²) in [5.41, 5.74) is 1.25. The number of fused-ring (bicyclic) bond motifs is 1. The average molecular weight is 264 g/mol. The van der Waals surface area contributed by atoms with Gasteiger partial charge in [-0.3, -0.25) is 0 Å². The van der Waals surface area contributed by atoms with Crippen molar-refractivity contribution in [3.05, 3.63) is 46.3 Å². The number of hydrogen-bond acceptors (Lipinski definition) is 3. The molecule has 2 heterocycles. The van der Waals surface area contributed by atoms with Crippen LogP contribution in [-0.2, 0) is 6.54 Å². The minimum Gasteiger partial charge on any atom is -0.244 e. The van der Waals surface area contributed by atoms with Gasteiger partial charge in [0.15, 0.2) is 0 Å². The minimum atomic E-state index is 0.306. The number of aromatic nitrogens is 3. The SMILES string of the molecule is Cc1nc(Cl)nn1Cc1cccc2ccsc12. The lowest BCUT2D eigenvalue weighted by atomic mass is 10.2. The zero-order valence-electron chi connectivity index (χ0n) is 9.22. The van der Waals surface area contributed by atoms with Crippen LogP contribution in [0.4, 0.5) is 0 Å². The first-order valence-corrected chi connectivity index (χ1v) is 6.52. The van der Waals surface area contributed by atoms with Crippen LogP contribution in [0, 0.1) is 6.92 Å². The second-order valence-corrected chi connectivity index (χ2v) is 5.10. The quantitative estimate of drug-likeness (QED) is 0.708. The van der Waals surface area contributed by atoms with Gasteiger partial charge in [0.05, 0.1) is 6.54 Å². The molecule has 0 saturated carbocycles.